The summed E-state index contributed by atoms with van der Waals surface area (Å²) in [6, 6.07) is 6.64. The molecule has 2 rings (SSSR count). The highest BCUT2D eigenvalue weighted by atomic mass is 127. The maximum absolute atomic E-state index is 11.6. The van der Waals surface area contributed by atoms with Gasteiger partial charge in [-0.3, -0.25) is 9.59 Å². The van der Waals surface area contributed by atoms with Crippen LogP contribution in [0.4, 0.5) is 5.69 Å². The number of hydrogen-bond acceptors (Lipinski definition) is 4. The van der Waals surface area contributed by atoms with Crippen molar-refractivity contribution in [3.63, 3.8) is 0 Å². The van der Waals surface area contributed by atoms with Crippen molar-refractivity contribution in [1.29, 1.82) is 0 Å². The van der Waals surface area contributed by atoms with Gasteiger partial charge < -0.3 is 15.4 Å². The molecular weight excluding hydrogens is 375 g/mol. The fourth-order valence-electron chi connectivity index (χ4n) is 1.79. The Morgan fingerprint density at radius 2 is 2.25 bits per heavy atom. The van der Waals surface area contributed by atoms with Gasteiger partial charge in [-0.1, -0.05) is 6.07 Å². The minimum atomic E-state index is -0.632. The lowest BCUT2D eigenvalue weighted by Gasteiger charge is -2.10. The summed E-state index contributed by atoms with van der Waals surface area (Å²) in [6.07, 6.45) is 0.727. The molecule has 7 heteroatoms. The van der Waals surface area contributed by atoms with E-state index in [9.17, 15) is 14.4 Å². The van der Waals surface area contributed by atoms with Gasteiger partial charge in [0.15, 0.2) is 6.61 Å². The minimum absolute atomic E-state index is 0.171. The van der Waals surface area contributed by atoms with Gasteiger partial charge >= 0.3 is 5.97 Å². The number of benzene rings is 1. The van der Waals surface area contributed by atoms with E-state index in [2.05, 4.69) is 33.2 Å². The van der Waals surface area contributed by atoms with Gasteiger partial charge in [-0.15, -0.1) is 0 Å². The highest BCUT2D eigenvalue weighted by molar-refractivity contribution is 14.1. The molecule has 0 saturated carbocycles. The zero-order valence-electron chi connectivity index (χ0n) is 10.5. The maximum atomic E-state index is 11.6. The van der Waals surface area contributed by atoms with Gasteiger partial charge in [-0.05, 0) is 47.2 Å². The first kappa shape index (κ1) is 14.8. The zero-order chi connectivity index (χ0) is 14.5. The second-order valence-corrected chi connectivity index (χ2v) is 5.57. The van der Waals surface area contributed by atoms with Crippen LogP contribution in [-0.2, 0) is 19.1 Å². The molecule has 1 heterocycles. The van der Waals surface area contributed by atoms with Gasteiger partial charge in [0.2, 0.25) is 5.91 Å². The van der Waals surface area contributed by atoms with Crippen LogP contribution in [0.2, 0.25) is 0 Å². The number of ether oxygens (including phenoxy) is 1. The summed E-state index contributed by atoms with van der Waals surface area (Å²) in [7, 11) is 0. The molecule has 20 heavy (non-hydrogen) atoms. The van der Waals surface area contributed by atoms with Crippen molar-refractivity contribution in [3.8, 4) is 0 Å². The monoisotopic (exact) mass is 388 g/mol. The van der Waals surface area contributed by atoms with Crippen LogP contribution in [0, 0.1) is 3.57 Å². The van der Waals surface area contributed by atoms with E-state index in [1.165, 1.54) is 0 Å². The number of rotatable bonds is 4. The number of carbonyl (C=O) groups excluding carboxylic acids is 3. The van der Waals surface area contributed by atoms with Gasteiger partial charge in [0.25, 0.3) is 5.91 Å². The van der Waals surface area contributed by atoms with Crippen molar-refractivity contribution >= 4 is 46.1 Å². The summed E-state index contributed by atoms with van der Waals surface area (Å²) in [5.74, 6) is -1.16. The van der Waals surface area contributed by atoms with Crippen LogP contribution in [0.15, 0.2) is 24.3 Å². The van der Waals surface area contributed by atoms with Gasteiger partial charge in [0.1, 0.15) is 6.04 Å². The molecule has 2 N–H and O–H groups in total. The SMILES string of the molecule is O=C(COC(=O)C1CCC(=O)N1)Nc1cccc(I)c1. The molecule has 1 fully saturated rings. The normalized spacial score (nSPS) is 17.4. The minimum Gasteiger partial charge on any atom is -0.454 e. The fourth-order valence-corrected chi connectivity index (χ4v) is 2.33. The smallest absolute Gasteiger partial charge is 0.329 e. The Kier molecular flexibility index (Phi) is 4.94. The van der Waals surface area contributed by atoms with Gasteiger partial charge in [-0.25, -0.2) is 4.79 Å². The van der Waals surface area contributed by atoms with Crippen molar-refractivity contribution in [2.75, 3.05) is 11.9 Å². The quantitative estimate of drug-likeness (QED) is 0.597. The average Bonchev–Trinajstić information content (AvgIpc) is 2.83. The molecule has 1 aromatic rings. The molecule has 6 nitrogen and oxygen atoms in total. The van der Waals surface area contributed by atoms with Crippen molar-refractivity contribution in [3.05, 3.63) is 27.8 Å². The van der Waals surface area contributed by atoms with Crippen LogP contribution in [0.3, 0.4) is 0 Å². The topological polar surface area (TPSA) is 84.5 Å². The Labute approximate surface area is 129 Å². The molecule has 1 aromatic carbocycles. The molecule has 1 aliphatic rings. The Morgan fingerprint density at radius 3 is 2.90 bits per heavy atom. The lowest BCUT2D eigenvalue weighted by molar-refractivity contribution is -0.149. The third-order valence-corrected chi connectivity index (χ3v) is 3.40. The van der Waals surface area contributed by atoms with Crippen LogP contribution < -0.4 is 10.6 Å². The molecule has 1 saturated heterocycles. The number of esters is 1. The molecular formula is C13H13IN2O4. The summed E-state index contributed by atoms with van der Waals surface area (Å²) >= 11 is 2.13. The number of amides is 2. The maximum Gasteiger partial charge on any atom is 0.329 e. The first-order chi connectivity index (χ1) is 9.54. The number of nitrogens with one attached hydrogen (secondary N) is 2. The van der Waals surface area contributed by atoms with Gasteiger partial charge in [-0.2, -0.15) is 0 Å². The first-order valence-corrected chi connectivity index (χ1v) is 7.14. The number of anilines is 1. The third kappa shape index (κ3) is 4.19. The molecule has 0 aliphatic carbocycles. The Hall–Kier alpha value is -1.64. The lowest BCUT2D eigenvalue weighted by atomic mass is 10.2. The summed E-state index contributed by atoms with van der Waals surface area (Å²) in [5, 5.41) is 5.12. The molecule has 2 amide bonds. The number of hydrogen-bond donors (Lipinski definition) is 2. The fraction of sp³-hybridized carbons (Fsp3) is 0.308. The highest BCUT2D eigenvalue weighted by Crippen LogP contribution is 2.12. The van der Waals surface area contributed by atoms with E-state index in [4.69, 9.17) is 4.74 Å². The van der Waals surface area contributed by atoms with E-state index in [0.717, 1.165) is 3.57 Å². The van der Waals surface area contributed by atoms with Crippen molar-refractivity contribution in [1.82, 2.24) is 5.32 Å². The molecule has 0 spiro atoms. The van der Waals surface area contributed by atoms with E-state index in [1.54, 1.807) is 12.1 Å². The van der Waals surface area contributed by atoms with E-state index in [0.29, 0.717) is 18.5 Å². The second kappa shape index (κ2) is 6.69. The molecule has 0 radical (unpaired) electrons. The lowest BCUT2D eigenvalue weighted by Crippen LogP contribution is -2.36. The van der Waals surface area contributed by atoms with Crippen LogP contribution in [0.25, 0.3) is 0 Å². The van der Waals surface area contributed by atoms with Crippen LogP contribution in [0.1, 0.15) is 12.8 Å². The zero-order valence-corrected chi connectivity index (χ0v) is 12.7. The molecule has 1 atom stereocenters. The summed E-state index contributed by atoms with van der Waals surface area (Å²) in [6.45, 7) is -0.364. The standard InChI is InChI=1S/C13H13IN2O4/c14-8-2-1-3-9(6-8)15-12(18)7-20-13(19)10-4-5-11(17)16-10/h1-3,6,10H,4-5,7H2,(H,15,18)(H,16,17). The van der Waals surface area contributed by atoms with Gasteiger partial charge in [0.05, 0.1) is 0 Å². The molecule has 106 valence electrons. The number of halogens is 1. The van der Waals surface area contributed by atoms with E-state index >= 15 is 0 Å². The van der Waals surface area contributed by atoms with E-state index in [1.807, 2.05) is 12.1 Å². The van der Waals surface area contributed by atoms with Crippen molar-refractivity contribution < 1.29 is 19.1 Å². The predicted octanol–water partition coefficient (Wildman–Crippen LogP) is 1.05. The Balaban J connectivity index is 1.77. The average molecular weight is 388 g/mol. The molecule has 1 aliphatic heterocycles. The summed E-state index contributed by atoms with van der Waals surface area (Å²) in [4.78, 5) is 34.2. The van der Waals surface area contributed by atoms with Crippen LogP contribution >= 0.6 is 22.6 Å². The van der Waals surface area contributed by atoms with E-state index < -0.39 is 17.9 Å². The molecule has 0 aromatic heterocycles. The number of carbonyl (C=O) groups is 3. The highest BCUT2D eigenvalue weighted by Gasteiger charge is 2.28. The first-order valence-electron chi connectivity index (χ1n) is 6.06. The van der Waals surface area contributed by atoms with Gasteiger partial charge in [0, 0.05) is 15.7 Å². The summed E-state index contributed by atoms with van der Waals surface area (Å²) < 4.78 is 5.86. The predicted molar refractivity (Wildman–Crippen MR) is 79.9 cm³/mol. The van der Waals surface area contributed by atoms with Crippen LogP contribution in [0.5, 0.6) is 0 Å². The molecule has 0 bridgehead atoms. The van der Waals surface area contributed by atoms with Crippen LogP contribution in [-0.4, -0.2) is 30.4 Å². The Bertz CT molecular complexity index is 547. The second-order valence-electron chi connectivity index (χ2n) is 4.33. The Morgan fingerprint density at radius 1 is 1.45 bits per heavy atom. The summed E-state index contributed by atoms with van der Waals surface area (Å²) in [5.41, 5.74) is 0.645. The van der Waals surface area contributed by atoms with Crippen molar-refractivity contribution in [2.24, 2.45) is 0 Å². The largest absolute Gasteiger partial charge is 0.454 e. The van der Waals surface area contributed by atoms with E-state index in [-0.39, 0.29) is 12.5 Å². The third-order valence-electron chi connectivity index (χ3n) is 2.73. The van der Waals surface area contributed by atoms with Crippen molar-refractivity contribution in [2.45, 2.75) is 18.9 Å². The molecule has 1 unspecified atom stereocenters.